The lowest BCUT2D eigenvalue weighted by Gasteiger charge is -2.19. The summed E-state index contributed by atoms with van der Waals surface area (Å²) < 4.78 is 5.76. The fourth-order valence-corrected chi connectivity index (χ4v) is 2.06. The van der Waals surface area contributed by atoms with Crippen LogP contribution in [-0.4, -0.2) is 17.3 Å². The highest BCUT2D eigenvalue weighted by atomic mass is 16.5. The Morgan fingerprint density at radius 1 is 1.44 bits per heavy atom. The van der Waals surface area contributed by atoms with Crippen LogP contribution in [0.1, 0.15) is 37.4 Å². The topological polar surface area (TPSA) is 55.5 Å². The largest absolute Gasteiger partial charge is 0.488 e. The van der Waals surface area contributed by atoms with E-state index in [0.29, 0.717) is 0 Å². The lowest BCUT2D eigenvalue weighted by atomic mass is 10.1. The fourth-order valence-electron chi connectivity index (χ4n) is 2.06. The second-order valence-electron chi connectivity index (χ2n) is 4.53. The van der Waals surface area contributed by atoms with E-state index in [1.54, 1.807) is 6.92 Å². The summed E-state index contributed by atoms with van der Waals surface area (Å²) in [5.74, 6) is 0.874. The van der Waals surface area contributed by atoms with Gasteiger partial charge < -0.3 is 15.6 Å². The average Bonchev–Trinajstić information content (AvgIpc) is 2.62. The molecule has 3 atom stereocenters. The molecule has 0 radical (unpaired) electrons. The Morgan fingerprint density at radius 3 is 2.88 bits per heavy atom. The van der Waals surface area contributed by atoms with Crippen LogP contribution in [-0.2, 0) is 6.42 Å². The molecule has 1 aromatic carbocycles. The van der Waals surface area contributed by atoms with Crippen LogP contribution in [0.4, 0.5) is 0 Å². The van der Waals surface area contributed by atoms with Crippen LogP contribution in [0.3, 0.4) is 0 Å². The summed E-state index contributed by atoms with van der Waals surface area (Å²) in [6.45, 7) is 3.61. The third-order valence-corrected chi connectivity index (χ3v) is 3.27. The molecule has 3 N–H and O–H groups in total. The molecular weight excluding hydrogens is 202 g/mol. The van der Waals surface area contributed by atoms with Gasteiger partial charge in [0, 0.05) is 6.04 Å². The number of aliphatic hydroxyl groups is 1. The number of fused-ring (bicyclic) bond motifs is 1. The van der Waals surface area contributed by atoms with Gasteiger partial charge in [0.2, 0.25) is 0 Å². The lowest BCUT2D eigenvalue weighted by Crippen LogP contribution is -2.26. The number of rotatable bonds is 3. The van der Waals surface area contributed by atoms with Crippen molar-refractivity contribution in [2.24, 2.45) is 5.73 Å². The third kappa shape index (κ3) is 2.06. The Bertz CT molecular complexity index is 376. The highest BCUT2D eigenvalue weighted by Gasteiger charge is 2.23. The minimum Gasteiger partial charge on any atom is -0.488 e. The first-order valence-electron chi connectivity index (χ1n) is 5.81. The summed E-state index contributed by atoms with van der Waals surface area (Å²) in [5, 5.41) is 9.43. The number of ether oxygens (including phenoxy) is 1. The maximum absolute atomic E-state index is 9.43. The molecule has 0 amide bonds. The summed E-state index contributed by atoms with van der Waals surface area (Å²) in [7, 11) is 0. The van der Waals surface area contributed by atoms with Crippen LogP contribution in [0.15, 0.2) is 18.2 Å². The first-order chi connectivity index (χ1) is 7.59. The predicted molar refractivity (Wildman–Crippen MR) is 63.5 cm³/mol. The monoisotopic (exact) mass is 221 g/mol. The van der Waals surface area contributed by atoms with Crippen molar-refractivity contribution in [3.63, 3.8) is 0 Å². The number of aliphatic hydroxyl groups excluding tert-OH is 1. The summed E-state index contributed by atoms with van der Waals surface area (Å²) in [4.78, 5) is 0. The van der Waals surface area contributed by atoms with Crippen molar-refractivity contribution in [2.45, 2.75) is 44.9 Å². The maximum atomic E-state index is 9.43. The zero-order valence-electron chi connectivity index (χ0n) is 9.81. The molecule has 0 bridgehead atoms. The van der Waals surface area contributed by atoms with Crippen molar-refractivity contribution in [3.05, 3.63) is 29.3 Å². The second kappa shape index (κ2) is 4.44. The summed E-state index contributed by atoms with van der Waals surface area (Å²) in [5.41, 5.74) is 8.40. The summed E-state index contributed by atoms with van der Waals surface area (Å²) in [6, 6.07) is 6.12. The third-order valence-electron chi connectivity index (χ3n) is 3.27. The van der Waals surface area contributed by atoms with E-state index in [-0.39, 0.29) is 12.1 Å². The Labute approximate surface area is 96.2 Å². The molecular formula is C13H19NO2. The number of hydrogen-bond donors (Lipinski definition) is 2. The van der Waals surface area contributed by atoms with E-state index in [1.165, 1.54) is 11.1 Å². The van der Waals surface area contributed by atoms with E-state index in [2.05, 4.69) is 6.07 Å². The molecule has 0 aliphatic heterocycles. The predicted octanol–water partition coefficient (Wildman–Crippen LogP) is 1.78. The van der Waals surface area contributed by atoms with Crippen molar-refractivity contribution < 1.29 is 9.84 Å². The Kier molecular flexibility index (Phi) is 3.17. The number of benzene rings is 1. The van der Waals surface area contributed by atoms with Crippen LogP contribution in [0.5, 0.6) is 5.75 Å². The highest BCUT2D eigenvalue weighted by molar-refractivity contribution is 5.45. The molecule has 0 heterocycles. The lowest BCUT2D eigenvalue weighted by molar-refractivity contribution is 0.0599. The Balaban J connectivity index is 2.23. The van der Waals surface area contributed by atoms with Gasteiger partial charge in [-0.3, -0.25) is 0 Å². The zero-order chi connectivity index (χ0) is 11.7. The van der Waals surface area contributed by atoms with Crippen LogP contribution < -0.4 is 10.5 Å². The van der Waals surface area contributed by atoms with E-state index >= 15 is 0 Å². The van der Waals surface area contributed by atoms with Crippen LogP contribution in [0.25, 0.3) is 0 Å². The quantitative estimate of drug-likeness (QED) is 0.818. The molecule has 3 nitrogen and oxygen atoms in total. The van der Waals surface area contributed by atoms with Crippen LogP contribution in [0.2, 0.25) is 0 Å². The normalized spacial score (nSPS) is 22.6. The molecule has 0 saturated heterocycles. The Hall–Kier alpha value is -1.06. The molecule has 0 saturated carbocycles. The first kappa shape index (κ1) is 11.4. The van der Waals surface area contributed by atoms with Crippen molar-refractivity contribution in [3.8, 4) is 5.75 Å². The van der Waals surface area contributed by atoms with Gasteiger partial charge in [0.05, 0.1) is 6.10 Å². The smallest absolute Gasteiger partial charge is 0.123 e. The van der Waals surface area contributed by atoms with Gasteiger partial charge >= 0.3 is 0 Å². The van der Waals surface area contributed by atoms with E-state index < -0.39 is 6.10 Å². The van der Waals surface area contributed by atoms with Gasteiger partial charge in [-0.05, 0) is 43.9 Å². The van der Waals surface area contributed by atoms with Gasteiger partial charge in [0.15, 0.2) is 0 Å². The first-order valence-corrected chi connectivity index (χ1v) is 5.81. The van der Waals surface area contributed by atoms with Crippen molar-refractivity contribution in [2.75, 3.05) is 0 Å². The molecule has 88 valence electrons. The molecule has 3 heteroatoms. The van der Waals surface area contributed by atoms with Crippen molar-refractivity contribution in [1.82, 2.24) is 0 Å². The number of nitrogens with two attached hydrogens (primary N) is 1. The van der Waals surface area contributed by atoms with E-state index in [4.69, 9.17) is 10.5 Å². The summed E-state index contributed by atoms with van der Waals surface area (Å²) >= 11 is 0. The standard InChI is InChI=1S/C13H19NO2/c1-8(15)9(2)16-13-5-3-4-10-11(13)6-7-12(10)14/h3-5,8-9,12,15H,6-7,14H2,1-2H3. The zero-order valence-corrected chi connectivity index (χ0v) is 9.81. The minimum atomic E-state index is -0.467. The molecule has 0 aromatic heterocycles. The molecule has 3 unspecified atom stereocenters. The van der Waals surface area contributed by atoms with E-state index in [1.807, 2.05) is 19.1 Å². The van der Waals surface area contributed by atoms with Gasteiger partial charge in [-0.1, -0.05) is 12.1 Å². The molecule has 1 aliphatic carbocycles. The van der Waals surface area contributed by atoms with Gasteiger partial charge in [0.1, 0.15) is 11.9 Å². The van der Waals surface area contributed by atoms with Crippen LogP contribution >= 0.6 is 0 Å². The molecule has 1 aliphatic rings. The minimum absolute atomic E-state index is 0.139. The maximum Gasteiger partial charge on any atom is 0.123 e. The molecule has 0 spiro atoms. The molecule has 16 heavy (non-hydrogen) atoms. The van der Waals surface area contributed by atoms with Gasteiger partial charge in [-0.2, -0.15) is 0 Å². The molecule has 2 rings (SSSR count). The van der Waals surface area contributed by atoms with Gasteiger partial charge in [-0.25, -0.2) is 0 Å². The SMILES string of the molecule is CC(O)C(C)Oc1cccc2c1CCC2N. The number of hydrogen-bond acceptors (Lipinski definition) is 3. The Morgan fingerprint density at radius 2 is 2.19 bits per heavy atom. The summed E-state index contributed by atoms with van der Waals surface area (Å²) in [6.07, 6.45) is 1.30. The van der Waals surface area contributed by atoms with E-state index in [0.717, 1.165) is 18.6 Å². The second-order valence-corrected chi connectivity index (χ2v) is 4.53. The van der Waals surface area contributed by atoms with Gasteiger partial charge in [-0.15, -0.1) is 0 Å². The van der Waals surface area contributed by atoms with Crippen molar-refractivity contribution >= 4 is 0 Å². The van der Waals surface area contributed by atoms with Crippen molar-refractivity contribution in [1.29, 1.82) is 0 Å². The average molecular weight is 221 g/mol. The van der Waals surface area contributed by atoms with Crippen LogP contribution in [0, 0.1) is 0 Å². The molecule has 0 fully saturated rings. The van der Waals surface area contributed by atoms with E-state index in [9.17, 15) is 5.11 Å². The molecule has 1 aromatic rings. The van der Waals surface area contributed by atoms with Gasteiger partial charge in [0.25, 0.3) is 0 Å². The highest BCUT2D eigenvalue weighted by Crippen LogP contribution is 2.35. The fraction of sp³-hybridized carbons (Fsp3) is 0.538.